The Labute approximate surface area is 193 Å². The molecule has 1 N–H and O–H groups in total. The first-order valence-corrected chi connectivity index (χ1v) is 11.3. The lowest BCUT2D eigenvalue weighted by Crippen LogP contribution is -2.44. The summed E-state index contributed by atoms with van der Waals surface area (Å²) >= 11 is 1.35. The Morgan fingerprint density at radius 3 is 2.52 bits per heavy atom. The number of aldehydes is 1. The molecule has 0 spiro atoms. The molecule has 1 aromatic carbocycles. The summed E-state index contributed by atoms with van der Waals surface area (Å²) in [4.78, 5) is 41.9. The van der Waals surface area contributed by atoms with Crippen LogP contribution in [0.5, 0.6) is 0 Å². The van der Waals surface area contributed by atoms with Gasteiger partial charge in [-0.3, -0.25) is 14.6 Å². The number of thioether (sulfide) groups is 1. The minimum atomic E-state index is -1.27. The van der Waals surface area contributed by atoms with Crippen molar-refractivity contribution in [2.24, 2.45) is 0 Å². The molecule has 4 heterocycles. The van der Waals surface area contributed by atoms with Crippen molar-refractivity contribution in [1.82, 2.24) is 14.5 Å². The van der Waals surface area contributed by atoms with Gasteiger partial charge in [-0.05, 0) is 38.2 Å². The highest BCUT2D eigenvalue weighted by Gasteiger charge is 2.33. The van der Waals surface area contributed by atoms with E-state index in [0.29, 0.717) is 35.0 Å². The summed E-state index contributed by atoms with van der Waals surface area (Å²) < 4.78 is 16.5. The number of likely N-dealkylation sites (N-methyl/N-ethyl adjacent to an activating group) is 1. The lowest BCUT2D eigenvalue weighted by molar-refractivity contribution is 0.0689. The summed E-state index contributed by atoms with van der Waals surface area (Å²) in [6, 6.07) is 8.10. The predicted molar refractivity (Wildman–Crippen MR) is 125 cm³/mol. The van der Waals surface area contributed by atoms with E-state index in [-0.39, 0.29) is 16.3 Å². The minimum absolute atomic E-state index is 0.0157. The number of hydrogen-bond donors (Lipinski definition) is 1. The minimum Gasteiger partial charge on any atom is -0.477 e. The Morgan fingerprint density at radius 2 is 1.97 bits per heavy atom. The van der Waals surface area contributed by atoms with E-state index in [1.807, 2.05) is 23.4 Å². The van der Waals surface area contributed by atoms with E-state index < -0.39 is 17.2 Å². The van der Waals surface area contributed by atoms with E-state index in [4.69, 9.17) is 0 Å². The molecule has 2 aliphatic heterocycles. The third-order valence-electron chi connectivity index (χ3n) is 5.74. The molecule has 1 saturated heterocycles. The summed E-state index contributed by atoms with van der Waals surface area (Å²) in [5.74, 6) is -1.75. The number of aromatic carboxylic acids is 1. The summed E-state index contributed by atoms with van der Waals surface area (Å²) in [5.41, 5.74) is 0.681. The summed E-state index contributed by atoms with van der Waals surface area (Å²) in [7, 11) is 2.03. The summed E-state index contributed by atoms with van der Waals surface area (Å²) in [6.07, 6.45) is 2.31. The number of carboxylic acids is 1. The highest BCUT2D eigenvalue weighted by molar-refractivity contribution is 8.00. The molecule has 1 fully saturated rings. The number of carbonyl (C=O) groups is 2. The van der Waals surface area contributed by atoms with Crippen LogP contribution in [0.3, 0.4) is 0 Å². The van der Waals surface area contributed by atoms with Crippen molar-refractivity contribution in [2.75, 3.05) is 38.1 Å². The normalized spacial score (nSPS) is 17.5. The molecule has 33 heavy (non-hydrogen) atoms. The number of rotatable bonds is 3. The van der Waals surface area contributed by atoms with Gasteiger partial charge in [0.05, 0.1) is 21.6 Å². The van der Waals surface area contributed by atoms with E-state index in [2.05, 4.69) is 9.88 Å². The van der Waals surface area contributed by atoms with Gasteiger partial charge in [0.1, 0.15) is 17.1 Å². The molecule has 0 amide bonds. The van der Waals surface area contributed by atoms with Crippen molar-refractivity contribution in [3.8, 4) is 0 Å². The maximum Gasteiger partial charge on any atom is 0.342 e. The Kier molecular flexibility index (Phi) is 6.48. The zero-order valence-electron chi connectivity index (χ0n) is 18.2. The highest BCUT2D eigenvalue weighted by atomic mass is 32.2. The molecule has 8 nitrogen and oxygen atoms in total. The van der Waals surface area contributed by atoms with Crippen LogP contribution in [0.25, 0.3) is 10.9 Å². The van der Waals surface area contributed by atoms with E-state index in [9.17, 15) is 23.9 Å². The second kappa shape index (κ2) is 9.32. The Balaban J connectivity index is 0.000000275. The molecule has 172 valence electrons. The summed E-state index contributed by atoms with van der Waals surface area (Å²) in [5, 5.41) is 9.97. The fraction of sp³-hybridized carbons (Fsp3) is 0.304. The topological polar surface area (TPSA) is 95.7 Å². The molecule has 2 aromatic heterocycles. The zero-order valence-corrected chi connectivity index (χ0v) is 19.0. The number of piperazine rings is 1. The second-order valence-electron chi connectivity index (χ2n) is 7.89. The standard InChI is InChI=1S/C17H18FN3O3S.C6H5NO/c1-9-21-12-8-13(20-5-3-19(2)4-6-20)11(18)7-10(12)15(22)14(17(23)24)16(21)25-9;8-5-6-3-1-2-4-7-6/h7-9H,3-6H2,1-2H3,(H,23,24);1-5H. The highest BCUT2D eigenvalue weighted by Crippen LogP contribution is 2.46. The maximum absolute atomic E-state index is 14.7. The quantitative estimate of drug-likeness (QED) is 0.584. The largest absolute Gasteiger partial charge is 0.477 e. The van der Waals surface area contributed by atoms with Gasteiger partial charge in [0.15, 0.2) is 6.29 Å². The van der Waals surface area contributed by atoms with Crippen LogP contribution in [0, 0.1) is 5.82 Å². The van der Waals surface area contributed by atoms with Crippen molar-refractivity contribution in [1.29, 1.82) is 0 Å². The lowest BCUT2D eigenvalue weighted by atomic mass is 10.1. The number of fused-ring (bicyclic) bond motifs is 3. The number of nitrogens with zero attached hydrogens (tertiary/aromatic N) is 4. The molecule has 10 heteroatoms. The predicted octanol–water partition coefficient (Wildman–Crippen LogP) is 3.11. The van der Waals surface area contributed by atoms with Crippen LogP contribution in [-0.4, -0.2) is 65.0 Å². The van der Waals surface area contributed by atoms with Gasteiger partial charge >= 0.3 is 5.97 Å². The molecule has 0 saturated carbocycles. The first kappa shape index (κ1) is 22.9. The van der Waals surface area contributed by atoms with Crippen LogP contribution in [0.1, 0.15) is 33.1 Å². The number of halogens is 1. The van der Waals surface area contributed by atoms with Crippen molar-refractivity contribution >= 4 is 40.6 Å². The maximum atomic E-state index is 14.7. The van der Waals surface area contributed by atoms with Crippen LogP contribution in [0.4, 0.5) is 10.1 Å². The first-order chi connectivity index (χ1) is 15.8. The van der Waals surface area contributed by atoms with Gasteiger partial charge in [-0.2, -0.15) is 0 Å². The SMILES string of the molecule is CC1Sc2c(C(=O)O)c(=O)c3cc(F)c(N4CCN(C)CC4)cc3n21.O=Cc1ccccn1. The van der Waals surface area contributed by atoms with Crippen LogP contribution in [-0.2, 0) is 0 Å². The third-order valence-corrected chi connectivity index (χ3v) is 6.92. The van der Waals surface area contributed by atoms with Crippen LogP contribution in [0.2, 0.25) is 0 Å². The van der Waals surface area contributed by atoms with Gasteiger partial charge in [-0.25, -0.2) is 9.18 Å². The fourth-order valence-electron chi connectivity index (χ4n) is 3.96. The third kappa shape index (κ3) is 4.36. The fourth-order valence-corrected chi connectivity index (χ4v) is 5.11. The molecular weight excluding hydrogens is 447 g/mol. The van der Waals surface area contributed by atoms with Crippen LogP contribution in [0.15, 0.2) is 46.3 Å². The molecule has 0 aliphatic carbocycles. The van der Waals surface area contributed by atoms with Crippen molar-refractivity contribution in [3.63, 3.8) is 0 Å². The van der Waals surface area contributed by atoms with Gasteiger partial charge in [0, 0.05) is 37.8 Å². The van der Waals surface area contributed by atoms with Crippen molar-refractivity contribution < 1.29 is 19.1 Å². The van der Waals surface area contributed by atoms with Gasteiger partial charge in [-0.15, -0.1) is 0 Å². The van der Waals surface area contributed by atoms with Crippen LogP contribution < -0.4 is 10.3 Å². The van der Waals surface area contributed by atoms with E-state index in [1.54, 1.807) is 30.5 Å². The monoisotopic (exact) mass is 470 g/mol. The molecule has 2 aliphatic rings. The molecular formula is C23H23FN4O4S. The summed E-state index contributed by atoms with van der Waals surface area (Å²) in [6.45, 7) is 5.06. The lowest BCUT2D eigenvalue weighted by Gasteiger charge is -2.36. The van der Waals surface area contributed by atoms with Gasteiger partial charge in [-0.1, -0.05) is 17.8 Å². The zero-order chi connectivity index (χ0) is 23.7. The average molecular weight is 471 g/mol. The number of hydrogen-bond acceptors (Lipinski definition) is 7. The van der Waals surface area contributed by atoms with E-state index in [0.717, 1.165) is 19.4 Å². The number of pyridine rings is 2. The number of aromatic nitrogens is 2. The number of benzene rings is 1. The van der Waals surface area contributed by atoms with E-state index in [1.165, 1.54) is 17.8 Å². The molecule has 5 rings (SSSR count). The molecule has 0 bridgehead atoms. The van der Waals surface area contributed by atoms with Crippen molar-refractivity contribution in [2.45, 2.75) is 17.3 Å². The number of carboxylic acid groups (broad SMARTS) is 1. The molecule has 0 radical (unpaired) electrons. The Hall–Kier alpha value is -3.24. The Morgan fingerprint density at radius 1 is 1.24 bits per heavy atom. The first-order valence-electron chi connectivity index (χ1n) is 10.4. The van der Waals surface area contributed by atoms with Gasteiger partial charge in [0.25, 0.3) is 0 Å². The number of anilines is 1. The molecule has 3 aromatic rings. The average Bonchev–Trinajstić information content (AvgIpc) is 2.80. The molecule has 1 unspecified atom stereocenters. The molecule has 1 atom stereocenters. The van der Waals surface area contributed by atoms with Gasteiger partial charge in [0.2, 0.25) is 5.43 Å². The number of carbonyl (C=O) groups excluding carboxylic acids is 1. The van der Waals surface area contributed by atoms with Crippen molar-refractivity contribution in [3.05, 3.63) is 63.8 Å². The van der Waals surface area contributed by atoms with Crippen LogP contribution >= 0.6 is 11.8 Å². The van der Waals surface area contributed by atoms with Gasteiger partial charge < -0.3 is 19.5 Å². The Bertz CT molecular complexity index is 1270. The van der Waals surface area contributed by atoms with E-state index >= 15 is 0 Å². The second-order valence-corrected chi connectivity index (χ2v) is 9.19. The smallest absolute Gasteiger partial charge is 0.342 e.